The summed E-state index contributed by atoms with van der Waals surface area (Å²) in [6.07, 6.45) is 0.814. The van der Waals surface area contributed by atoms with Gasteiger partial charge in [0, 0.05) is 13.1 Å². The van der Waals surface area contributed by atoms with Gasteiger partial charge < -0.3 is 15.5 Å². The molecule has 20 heavy (non-hydrogen) atoms. The third kappa shape index (κ3) is 6.68. The summed E-state index contributed by atoms with van der Waals surface area (Å²) in [5.74, 6) is -0.359. The molecule has 0 aliphatic rings. The zero-order valence-electron chi connectivity index (χ0n) is 12.5. The van der Waals surface area contributed by atoms with E-state index in [4.69, 9.17) is 5.11 Å². The molecule has 0 heterocycles. The highest BCUT2D eigenvalue weighted by Crippen LogP contribution is 2.15. The van der Waals surface area contributed by atoms with Crippen LogP contribution in [0.25, 0.3) is 0 Å². The van der Waals surface area contributed by atoms with Gasteiger partial charge in [-0.3, -0.25) is 4.79 Å². The van der Waals surface area contributed by atoms with Crippen LogP contribution in [0.1, 0.15) is 38.3 Å². The van der Waals surface area contributed by atoms with Gasteiger partial charge in [-0.15, -0.1) is 0 Å². The van der Waals surface area contributed by atoms with Crippen molar-refractivity contribution in [2.24, 2.45) is 5.92 Å². The predicted octanol–water partition coefficient (Wildman–Crippen LogP) is 2.20. The Labute approximate surface area is 120 Å². The van der Waals surface area contributed by atoms with Crippen LogP contribution >= 0.6 is 0 Å². The van der Waals surface area contributed by atoms with Gasteiger partial charge in [0.2, 0.25) is 0 Å². The number of carboxylic acids is 1. The minimum atomic E-state index is -0.819. The van der Waals surface area contributed by atoms with Gasteiger partial charge in [0.05, 0.1) is 12.0 Å². The fourth-order valence-corrected chi connectivity index (χ4v) is 2.38. The smallest absolute Gasteiger partial charge is 0.307 e. The molecule has 112 valence electrons. The van der Waals surface area contributed by atoms with Gasteiger partial charge in [0.25, 0.3) is 0 Å². The molecule has 1 aromatic carbocycles. The van der Waals surface area contributed by atoms with E-state index in [1.165, 1.54) is 0 Å². The molecule has 4 heteroatoms. The van der Waals surface area contributed by atoms with Crippen LogP contribution in [0.5, 0.6) is 0 Å². The summed E-state index contributed by atoms with van der Waals surface area (Å²) in [6.45, 7) is 7.24. The molecular weight excluding hydrogens is 254 g/mol. The van der Waals surface area contributed by atoms with Crippen molar-refractivity contribution >= 4 is 5.97 Å². The second kappa shape index (κ2) is 7.41. The second-order valence-electron chi connectivity index (χ2n) is 6.09. The minimum Gasteiger partial charge on any atom is -0.481 e. The van der Waals surface area contributed by atoms with Gasteiger partial charge in [0.1, 0.15) is 0 Å². The first kappa shape index (κ1) is 16.7. The maximum atomic E-state index is 10.6. The van der Waals surface area contributed by atoms with Gasteiger partial charge in [-0.1, -0.05) is 38.1 Å². The SMILES string of the molecule is CC(C)CC(C)(O)CNCc1ccc(CC(=O)O)cc1. The van der Waals surface area contributed by atoms with Crippen molar-refractivity contribution in [3.8, 4) is 0 Å². The molecule has 0 amide bonds. The molecule has 1 atom stereocenters. The van der Waals surface area contributed by atoms with E-state index >= 15 is 0 Å². The molecule has 1 aromatic rings. The van der Waals surface area contributed by atoms with Gasteiger partial charge in [-0.2, -0.15) is 0 Å². The lowest BCUT2D eigenvalue weighted by molar-refractivity contribution is -0.136. The number of rotatable bonds is 8. The summed E-state index contributed by atoms with van der Waals surface area (Å²) in [7, 11) is 0. The molecule has 1 unspecified atom stereocenters. The van der Waals surface area contributed by atoms with Crippen molar-refractivity contribution in [3.05, 3.63) is 35.4 Å². The number of aliphatic hydroxyl groups is 1. The number of carboxylic acid groups (broad SMARTS) is 1. The van der Waals surface area contributed by atoms with Crippen LogP contribution in [0.3, 0.4) is 0 Å². The Hall–Kier alpha value is -1.39. The number of aliphatic carboxylic acids is 1. The molecule has 0 spiro atoms. The maximum absolute atomic E-state index is 10.6. The molecule has 3 N–H and O–H groups in total. The van der Waals surface area contributed by atoms with E-state index in [9.17, 15) is 9.90 Å². The summed E-state index contributed by atoms with van der Waals surface area (Å²) in [5, 5.41) is 22.1. The molecule has 0 bridgehead atoms. The molecule has 0 radical (unpaired) electrons. The average molecular weight is 279 g/mol. The summed E-state index contributed by atoms with van der Waals surface area (Å²) in [5.41, 5.74) is 1.18. The third-order valence-corrected chi connectivity index (χ3v) is 3.06. The van der Waals surface area contributed by atoms with Crippen molar-refractivity contribution in [1.29, 1.82) is 0 Å². The zero-order valence-corrected chi connectivity index (χ0v) is 12.5. The van der Waals surface area contributed by atoms with E-state index < -0.39 is 11.6 Å². The van der Waals surface area contributed by atoms with Crippen LogP contribution in [-0.4, -0.2) is 28.3 Å². The number of carbonyl (C=O) groups is 1. The van der Waals surface area contributed by atoms with Crippen LogP contribution in [0.2, 0.25) is 0 Å². The Kier molecular flexibility index (Phi) is 6.17. The molecule has 0 aliphatic heterocycles. The lowest BCUT2D eigenvalue weighted by Crippen LogP contribution is -2.38. The summed E-state index contributed by atoms with van der Waals surface area (Å²) in [6, 6.07) is 7.50. The van der Waals surface area contributed by atoms with E-state index in [-0.39, 0.29) is 6.42 Å². The highest BCUT2D eigenvalue weighted by molar-refractivity contribution is 5.70. The molecule has 0 aliphatic carbocycles. The first-order chi connectivity index (χ1) is 9.28. The number of hydrogen-bond donors (Lipinski definition) is 3. The van der Waals surface area contributed by atoms with E-state index in [1.807, 2.05) is 31.2 Å². The topological polar surface area (TPSA) is 69.6 Å². The van der Waals surface area contributed by atoms with E-state index in [2.05, 4.69) is 19.2 Å². The first-order valence-electron chi connectivity index (χ1n) is 7.01. The number of nitrogens with one attached hydrogen (secondary N) is 1. The van der Waals surface area contributed by atoms with E-state index in [1.54, 1.807) is 0 Å². The summed E-state index contributed by atoms with van der Waals surface area (Å²) < 4.78 is 0. The van der Waals surface area contributed by atoms with Gasteiger partial charge >= 0.3 is 5.97 Å². The van der Waals surface area contributed by atoms with Crippen LogP contribution in [0.15, 0.2) is 24.3 Å². The molecular formula is C16H25NO3. The van der Waals surface area contributed by atoms with Crippen molar-refractivity contribution in [3.63, 3.8) is 0 Å². The Balaban J connectivity index is 2.40. The predicted molar refractivity (Wildman–Crippen MR) is 79.6 cm³/mol. The van der Waals surface area contributed by atoms with Crippen molar-refractivity contribution in [1.82, 2.24) is 5.32 Å². The molecule has 1 rings (SSSR count). The van der Waals surface area contributed by atoms with Crippen molar-refractivity contribution in [2.75, 3.05) is 6.54 Å². The quantitative estimate of drug-likeness (QED) is 0.682. The lowest BCUT2D eigenvalue weighted by Gasteiger charge is -2.25. The second-order valence-corrected chi connectivity index (χ2v) is 6.09. The monoisotopic (exact) mass is 279 g/mol. The standard InChI is InChI=1S/C16H25NO3/c1-12(2)9-16(3,20)11-17-10-14-6-4-13(5-7-14)8-15(18)19/h4-7,12,17,20H,8-11H2,1-3H3,(H,18,19). The summed E-state index contributed by atoms with van der Waals surface area (Å²) in [4.78, 5) is 10.6. The fourth-order valence-electron chi connectivity index (χ4n) is 2.38. The molecule has 0 saturated heterocycles. The molecule has 4 nitrogen and oxygen atoms in total. The van der Waals surface area contributed by atoms with E-state index in [0.717, 1.165) is 17.5 Å². The first-order valence-corrected chi connectivity index (χ1v) is 7.01. The van der Waals surface area contributed by atoms with Gasteiger partial charge in [-0.25, -0.2) is 0 Å². The average Bonchev–Trinajstić information content (AvgIpc) is 2.28. The Bertz CT molecular complexity index is 424. The number of hydrogen-bond acceptors (Lipinski definition) is 3. The Morgan fingerprint density at radius 1 is 1.25 bits per heavy atom. The van der Waals surface area contributed by atoms with Crippen LogP contribution in [-0.2, 0) is 17.8 Å². The highest BCUT2D eigenvalue weighted by atomic mass is 16.4. The Morgan fingerprint density at radius 3 is 2.30 bits per heavy atom. The summed E-state index contributed by atoms with van der Waals surface area (Å²) >= 11 is 0. The van der Waals surface area contributed by atoms with Crippen LogP contribution in [0.4, 0.5) is 0 Å². The zero-order chi connectivity index (χ0) is 15.2. The third-order valence-electron chi connectivity index (χ3n) is 3.06. The van der Waals surface area contributed by atoms with Gasteiger partial charge in [0.15, 0.2) is 0 Å². The van der Waals surface area contributed by atoms with E-state index in [0.29, 0.717) is 19.0 Å². The molecule has 0 saturated carbocycles. The molecule has 0 fully saturated rings. The van der Waals surface area contributed by atoms with Crippen molar-refractivity contribution in [2.45, 2.75) is 45.8 Å². The highest BCUT2D eigenvalue weighted by Gasteiger charge is 2.20. The van der Waals surface area contributed by atoms with Crippen LogP contribution in [0, 0.1) is 5.92 Å². The van der Waals surface area contributed by atoms with Gasteiger partial charge in [-0.05, 0) is 30.4 Å². The van der Waals surface area contributed by atoms with Crippen LogP contribution < -0.4 is 5.32 Å². The lowest BCUT2D eigenvalue weighted by atomic mass is 9.94. The largest absolute Gasteiger partial charge is 0.481 e. The molecule has 0 aromatic heterocycles. The normalized spacial score (nSPS) is 14.2. The number of benzene rings is 1. The fraction of sp³-hybridized carbons (Fsp3) is 0.562. The minimum absolute atomic E-state index is 0.0524. The van der Waals surface area contributed by atoms with Crippen molar-refractivity contribution < 1.29 is 15.0 Å². The maximum Gasteiger partial charge on any atom is 0.307 e. The Morgan fingerprint density at radius 2 is 1.80 bits per heavy atom.